The zero-order valence-electron chi connectivity index (χ0n) is 15.5. The van der Waals surface area contributed by atoms with Crippen LogP contribution in [0.3, 0.4) is 0 Å². The average molecular weight is 350 g/mol. The van der Waals surface area contributed by atoms with Gasteiger partial charge in [-0.15, -0.1) is 0 Å². The first-order valence-electron chi connectivity index (χ1n) is 8.91. The lowest BCUT2D eigenvalue weighted by Crippen LogP contribution is -2.52. The van der Waals surface area contributed by atoms with Gasteiger partial charge in [-0.1, -0.05) is 13.8 Å². The summed E-state index contributed by atoms with van der Waals surface area (Å²) < 4.78 is 16.8. The number of carbonyl (C=O) groups excluding carboxylic acids is 3. The van der Waals surface area contributed by atoms with Gasteiger partial charge >= 0.3 is 17.9 Å². The van der Waals surface area contributed by atoms with Gasteiger partial charge in [-0.2, -0.15) is 0 Å². The van der Waals surface area contributed by atoms with Crippen LogP contribution < -0.4 is 0 Å². The maximum Gasteiger partial charge on any atom is 0.309 e. The molecule has 3 aliphatic rings. The van der Waals surface area contributed by atoms with Gasteiger partial charge in [0, 0.05) is 31.6 Å². The van der Waals surface area contributed by atoms with E-state index in [-0.39, 0.29) is 35.8 Å². The van der Waals surface area contributed by atoms with Crippen molar-refractivity contribution in [1.82, 2.24) is 0 Å². The Hall–Kier alpha value is -1.85. The van der Waals surface area contributed by atoms with Crippen LogP contribution in [0.2, 0.25) is 0 Å². The minimum atomic E-state index is -0.460. The second-order valence-electron chi connectivity index (χ2n) is 7.79. The van der Waals surface area contributed by atoms with Gasteiger partial charge in [0.05, 0.1) is 5.92 Å². The van der Waals surface area contributed by atoms with Crippen LogP contribution in [0.25, 0.3) is 0 Å². The fraction of sp³-hybridized carbons (Fsp3) is 0.737. The molecule has 6 nitrogen and oxygen atoms in total. The third-order valence-corrected chi connectivity index (χ3v) is 6.21. The molecule has 0 radical (unpaired) electrons. The molecule has 0 aromatic heterocycles. The molecule has 25 heavy (non-hydrogen) atoms. The Kier molecular flexibility index (Phi) is 4.41. The first-order chi connectivity index (χ1) is 11.6. The Bertz CT molecular complexity index is 650. The minimum Gasteiger partial charge on any atom is -0.461 e. The van der Waals surface area contributed by atoms with Gasteiger partial charge in [0.25, 0.3) is 0 Å². The van der Waals surface area contributed by atoms with Gasteiger partial charge in [-0.3, -0.25) is 14.4 Å². The van der Waals surface area contributed by atoms with Gasteiger partial charge in [-0.25, -0.2) is 0 Å². The standard InChI is InChI=1S/C19H26O6/c1-9-13-6-7-19(5)15(24-12(4)21)8-14(23-11(3)20)10(2)16(19)17(13)25-18(9)22/h9,13-15,17H,6-8H2,1-5H3/t9-,13-,14-,15-,17-,19-/m0/s1. The lowest BCUT2D eigenvalue weighted by atomic mass is 9.57. The van der Waals surface area contributed by atoms with E-state index in [0.29, 0.717) is 6.42 Å². The molecular formula is C19H26O6. The summed E-state index contributed by atoms with van der Waals surface area (Å²) in [6, 6.07) is 0. The SMILES string of the molecule is CC(=O)O[C@H]1C[C@H](OC(C)=O)[C@]2(C)CC[C@H]3[C@H](C)C(=O)O[C@@H]3C2=C1C. The van der Waals surface area contributed by atoms with Crippen molar-refractivity contribution >= 4 is 17.9 Å². The van der Waals surface area contributed by atoms with Crippen LogP contribution in [-0.2, 0) is 28.6 Å². The van der Waals surface area contributed by atoms with Crippen molar-refractivity contribution in [2.24, 2.45) is 17.3 Å². The molecule has 2 aliphatic carbocycles. The van der Waals surface area contributed by atoms with Crippen molar-refractivity contribution in [3.05, 3.63) is 11.1 Å². The second-order valence-corrected chi connectivity index (χ2v) is 7.79. The number of esters is 3. The Morgan fingerprint density at radius 2 is 1.84 bits per heavy atom. The molecule has 0 aromatic carbocycles. The van der Waals surface area contributed by atoms with Gasteiger partial charge in [-0.05, 0) is 30.9 Å². The van der Waals surface area contributed by atoms with Crippen molar-refractivity contribution in [2.75, 3.05) is 0 Å². The molecule has 0 N–H and O–H groups in total. The highest BCUT2D eigenvalue weighted by Crippen LogP contribution is 2.56. The fourth-order valence-corrected chi connectivity index (χ4v) is 4.89. The van der Waals surface area contributed by atoms with E-state index in [1.165, 1.54) is 13.8 Å². The smallest absolute Gasteiger partial charge is 0.309 e. The van der Waals surface area contributed by atoms with E-state index >= 15 is 0 Å². The van der Waals surface area contributed by atoms with Crippen LogP contribution in [-0.4, -0.2) is 36.2 Å². The van der Waals surface area contributed by atoms with Crippen molar-refractivity contribution < 1.29 is 28.6 Å². The molecule has 0 bridgehead atoms. The topological polar surface area (TPSA) is 78.9 Å². The highest BCUT2D eigenvalue weighted by atomic mass is 16.6. The van der Waals surface area contributed by atoms with Gasteiger partial charge in [0.2, 0.25) is 0 Å². The second kappa shape index (κ2) is 6.15. The maximum atomic E-state index is 12.1. The number of ether oxygens (including phenoxy) is 3. The van der Waals surface area contributed by atoms with Gasteiger partial charge in [0.1, 0.15) is 18.3 Å². The zero-order chi connectivity index (χ0) is 18.5. The molecule has 1 heterocycles. The molecular weight excluding hydrogens is 324 g/mol. The third kappa shape index (κ3) is 2.85. The first-order valence-corrected chi connectivity index (χ1v) is 8.91. The van der Waals surface area contributed by atoms with Gasteiger partial charge < -0.3 is 14.2 Å². The highest BCUT2D eigenvalue weighted by Gasteiger charge is 2.58. The molecule has 3 rings (SSSR count). The van der Waals surface area contributed by atoms with E-state index in [2.05, 4.69) is 6.92 Å². The number of hydrogen-bond acceptors (Lipinski definition) is 6. The van der Waals surface area contributed by atoms with Crippen LogP contribution >= 0.6 is 0 Å². The van der Waals surface area contributed by atoms with E-state index in [1.54, 1.807) is 0 Å². The number of carbonyl (C=O) groups is 3. The normalized spacial score (nSPS) is 40.0. The molecule has 6 atom stereocenters. The van der Waals surface area contributed by atoms with Crippen LogP contribution in [0.4, 0.5) is 0 Å². The number of rotatable bonds is 2. The van der Waals surface area contributed by atoms with Crippen molar-refractivity contribution in [1.29, 1.82) is 0 Å². The summed E-state index contributed by atoms with van der Waals surface area (Å²) in [6.45, 7) is 8.66. The molecule has 0 unspecified atom stereocenters. The predicted molar refractivity (Wildman–Crippen MR) is 88.3 cm³/mol. The molecule has 0 spiro atoms. The summed E-state index contributed by atoms with van der Waals surface area (Å²) >= 11 is 0. The summed E-state index contributed by atoms with van der Waals surface area (Å²) in [5.41, 5.74) is 1.50. The van der Waals surface area contributed by atoms with Crippen LogP contribution in [0.15, 0.2) is 11.1 Å². The molecule has 138 valence electrons. The molecule has 0 amide bonds. The van der Waals surface area contributed by atoms with Crippen molar-refractivity contribution in [3.63, 3.8) is 0 Å². The van der Waals surface area contributed by atoms with E-state index in [1.807, 2.05) is 13.8 Å². The monoisotopic (exact) mass is 350 g/mol. The first kappa shape index (κ1) is 18.0. The quantitative estimate of drug-likeness (QED) is 0.433. The van der Waals surface area contributed by atoms with Crippen LogP contribution in [0.5, 0.6) is 0 Å². The molecule has 0 aromatic rings. The number of hydrogen-bond donors (Lipinski definition) is 0. The highest BCUT2D eigenvalue weighted by molar-refractivity contribution is 5.76. The predicted octanol–water partition coefficient (Wildman–Crippen LogP) is 2.55. The van der Waals surface area contributed by atoms with E-state index in [4.69, 9.17) is 14.2 Å². The Morgan fingerprint density at radius 1 is 1.20 bits per heavy atom. The Balaban J connectivity index is 2.06. The van der Waals surface area contributed by atoms with E-state index < -0.39 is 17.6 Å². The summed E-state index contributed by atoms with van der Waals surface area (Å²) in [6.07, 6.45) is 0.916. The summed E-state index contributed by atoms with van der Waals surface area (Å²) in [7, 11) is 0. The molecule has 2 fully saturated rings. The lowest BCUT2D eigenvalue weighted by molar-refractivity contribution is -0.162. The van der Waals surface area contributed by atoms with Crippen molar-refractivity contribution in [2.45, 2.75) is 72.2 Å². The van der Waals surface area contributed by atoms with E-state index in [0.717, 1.165) is 24.0 Å². The largest absolute Gasteiger partial charge is 0.461 e. The summed E-state index contributed by atoms with van der Waals surface area (Å²) in [5, 5.41) is 0. The average Bonchev–Trinajstić information content (AvgIpc) is 2.78. The minimum absolute atomic E-state index is 0.125. The lowest BCUT2D eigenvalue weighted by Gasteiger charge is -2.51. The van der Waals surface area contributed by atoms with Gasteiger partial charge in [0.15, 0.2) is 0 Å². The van der Waals surface area contributed by atoms with Crippen LogP contribution in [0.1, 0.15) is 53.9 Å². The third-order valence-electron chi connectivity index (χ3n) is 6.21. The molecule has 1 saturated heterocycles. The summed E-state index contributed by atoms with van der Waals surface area (Å²) in [5.74, 6) is -0.932. The Labute approximate surface area is 147 Å². The molecule has 6 heteroatoms. The number of fused-ring (bicyclic) bond motifs is 3. The maximum absolute atomic E-state index is 12.1. The Morgan fingerprint density at radius 3 is 2.44 bits per heavy atom. The zero-order valence-corrected chi connectivity index (χ0v) is 15.5. The molecule has 1 saturated carbocycles. The molecule has 1 aliphatic heterocycles. The van der Waals surface area contributed by atoms with Crippen molar-refractivity contribution in [3.8, 4) is 0 Å². The summed E-state index contributed by atoms with van der Waals surface area (Å²) in [4.78, 5) is 35.3. The van der Waals surface area contributed by atoms with E-state index in [9.17, 15) is 14.4 Å². The van der Waals surface area contributed by atoms with Crippen LogP contribution in [0, 0.1) is 17.3 Å². The fourth-order valence-electron chi connectivity index (χ4n) is 4.89.